The largest absolute Gasteiger partial charge is 0.497 e. The van der Waals surface area contributed by atoms with Gasteiger partial charge < -0.3 is 23.7 Å². The fourth-order valence-corrected chi connectivity index (χ4v) is 4.39. The summed E-state index contributed by atoms with van der Waals surface area (Å²) in [6, 6.07) is 16.0. The Morgan fingerprint density at radius 1 is 0.833 bits per heavy atom. The van der Waals surface area contributed by atoms with Gasteiger partial charge in [-0.1, -0.05) is 11.3 Å². The number of carbonyl (C=O) groups is 1. The predicted molar refractivity (Wildman–Crippen MR) is 140 cm³/mol. The normalized spacial score (nSPS) is 10.9. The van der Waals surface area contributed by atoms with Gasteiger partial charge in [-0.2, -0.15) is 10.1 Å². The highest BCUT2D eigenvalue weighted by Crippen LogP contribution is 2.39. The summed E-state index contributed by atoms with van der Waals surface area (Å²) in [4.78, 5) is 18.4. The number of hydrogen-bond donors (Lipinski definition) is 0. The van der Waals surface area contributed by atoms with E-state index < -0.39 is 5.91 Å². The van der Waals surface area contributed by atoms with Gasteiger partial charge in [-0.3, -0.25) is 4.79 Å². The lowest BCUT2D eigenvalue weighted by atomic mass is 10.1. The standard InChI is InChI=1S/C26H25N3O6S/c1-31-18-8-6-16(7-9-18)15-27-29(26-28-20-11-10-19(32-2)14-23(20)36-26)25(30)17-12-21(33-3)24(35-5)22(13-17)34-4/h6-15H,1-5H3/b27-15+. The third-order valence-electron chi connectivity index (χ3n) is 5.31. The zero-order chi connectivity index (χ0) is 25.7. The lowest BCUT2D eigenvalue weighted by molar-refractivity contribution is 0.0987. The van der Waals surface area contributed by atoms with Gasteiger partial charge in [0.1, 0.15) is 11.5 Å². The average Bonchev–Trinajstić information content (AvgIpc) is 3.35. The van der Waals surface area contributed by atoms with Crippen molar-refractivity contribution in [3.05, 3.63) is 65.7 Å². The van der Waals surface area contributed by atoms with E-state index in [1.54, 1.807) is 32.6 Å². The first-order valence-electron chi connectivity index (χ1n) is 10.8. The smallest absolute Gasteiger partial charge is 0.281 e. The highest BCUT2D eigenvalue weighted by molar-refractivity contribution is 7.22. The van der Waals surface area contributed by atoms with Crippen molar-refractivity contribution in [2.45, 2.75) is 0 Å². The number of rotatable bonds is 9. The molecule has 0 saturated carbocycles. The van der Waals surface area contributed by atoms with Crippen LogP contribution in [0.5, 0.6) is 28.7 Å². The third-order valence-corrected chi connectivity index (χ3v) is 6.30. The van der Waals surface area contributed by atoms with Gasteiger partial charge in [-0.15, -0.1) is 0 Å². The molecule has 4 rings (SSSR count). The molecule has 0 radical (unpaired) electrons. The van der Waals surface area contributed by atoms with E-state index in [1.807, 2.05) is 42.5 Å². The van der Waals surface area contributed by atoms with Crippen molar-refractivity contribution in [2.24, 2.45) is 5.10 Å². The van der Waals surface area contributed by atoms with E-state index in [2.05, 4.69) is 10.1 Å². The van der Waals surface area contributed by atoms with E-state index in [4.69, 9.17) is 23.7 Å². The summed E-state index contributed by atoms with van der Waals surface area (Å²) in [7, 11) is 7.69. The van der Waals surface area contributed by atoms with Crippen LogP contribution in [0.1, 0.15) is 15.9 Å². The van der Waals surface area contributed by atoms with Crippen molar-refractivity contribution in [3.63, 3.8) is 0 Å². The number of hydrogen-bond acceptors (Lipinski definition) is 9. The van der Waals surface area contributed by atoms with E-state index in [1.165, 1.54) is 37.7 Å². The molecule has 36 heavy (non-hydrogen) atoms. The van der Waals surface area contributed by atoms with Crippen LogP contribution in [0.25, 0.3) is 10.2 Å². The molecule has 3 aromatic carbocycles. The van der Waals surface area contributed by atoms with Crippen LogP contribution < -0.4 is 28.7 Å². The molecule has 10 heteroatoms. The second kappa shape index (κ2) is 11.0. The lowest BCUT2D eigenvalue weighted by Gasteiger charge is -2.17. The molecular weight excluding hydrogens is 482 g/mol. The van der Waals surface area contributed by atoms with Crippen LogP contribution in [0.4, 0.5) is 5.13 Å². The maximum atomic E-state index is 13.8. The first-order valence-corrected chi connectivity index (χ1v) is 11.6. The van der Waals surface area contributed by atoms with Crippen molar-refractivity contribution in [2.75, 3.05) is 40.6 Å². The fraction of sp³-hybridized carbons (Fsp3) is 0.192. The molecule has 0 aliphatic heterocycles. The van der Waals surface area contributed by atoms with E-state index >= 15 is 0 Å². The molecular formula is C26H25N3O6S. The first-order chi connectivity index (χ1) is 17.5. The number of thiazole rings is 1. The van der Waals surface area contributed by atoms with Gasteiger partial charge in [0, 0.05) is 5.56 Å². The summed E-state index contributed by atoms with van der Waals surface area (Å²) in [5.74, 6) is 2.09. The van der Waals surface area contributed by atoms with E-state index in [-0.39, 0.29) is 5.56 Å². The third kappa shape index (κ3) is 5.03. The van der Waals surface area contributed by atoms with Crippen LogP contribution in [0, 0.1) is 0 Å². The minimum absolute atomic E-state index is 0.285. The number of methoxy groups -OCH3 is 5. The maximum Gasteiger partial charge on any atom is 0.281 e. The Labute approximate surface area is 212 Å². The van der Waals surface area contributed by atoms with Gasteiger partial charge in [0.25, 0.3) is 5.91 Å². The number of carbonyl (C=O) groups excluding carboxylic acids is 1. The van der Waals surface area contributed by atoms with Crippen molar-refractivity contribution in [3.8, 4) is 28.7 Å². The number of nitrogens with zero attached hydrogens (tertiary/aromatic N) is 3. The van der Waals surface area contributed by atoms with E-state index in [0.717, 1.165) is 21.5 Å². The zero-order valence-electron chi connectivity index (χ0n) is 20.5. The SMILES string of the molecule is COc1ccc(/C=N/N(C(=O)c2cc(OC)c(OC)c(OC)c2)c2nc3ccc(OC)cc3s2)cc1. The summed E-state index contributed by atoms with van der Waals surface area (Å²) in [6.45, 7) is 0. The fourth-order valence-electron chi connectivity index (χ4n) is 3.44. The Hall–Kier alpha value is -4.31. The van der Waals surface area contributed by atoms with Gasteiger partial charge in [0.2, 0.25) is 10.9 Å². The summed E-state index contributed by atoms with van der Waals surface area (Å²) in [6.07, 6.45) is 1.59. The van der Waals surface area contributed by atoms with Crippen molar-refractivity contribution in [1.29, 1.82) is 0 Å². The van der Waals surface area contributed by atoms with Gasteiger partial charge in [-0.05, 0) is 60.2 Å². The number of hydrazone groups is 1. The number of anilines is 1. The molecule has 0 aliphatic rings. The van der Waals surface area contributed by atoms with Crippen molar-refractivity contribution in [1.82, 2.24) is 4.98 Å². The minimum Gasteiger partial charge on any atom is -0.497 e. The Morgan fingerprint density at radius 2 is 1.47 bits per heavy atom. The monoisotopic (exact) mass is 507 g/mol. The van der Waals surface area contributed by atoms with Gasteiger partial charge in [0.05, 0.1) is 52.0 Å². The van der Waals surface area contributed by atoms with Gasteiger partial charge >= 0.3 is 0 Å². The molecule has 0 saturated heterocycles. The summed E-state index contributed by atoms with van der Waals surface area (Å²) >= 11 is 1.32. The van der Waals surface area contributed by atoms with Crippen LogP contribution in [0.3, 0.4) is 0 Å². The topological polar surface area (TPSA) is 91.7 Å². The zero-order valence-corrected chi connectivity index (χ0v) is 21.3. The molecule has 0 unspecified atom stereocenters. The number of aromatic nitrogens is 1. The molecule has 1 aromatic heterocycles. The molecule has 186 valence electrons. The van der Waals surface area contributed by atoms with Gasteiger partial charge in [-0.25, -0.2) is 4.98 Å². The number of ether oxygens (including phenoxy) is 5. The second-order valence-corrected chi connectivity index (χ2v) is 8.39. The Bertz CT molecular complexity index is 1380. The Morgan fingerprint density at radius 3 is 2.06 bits per heavy atom. The predicted octanol–water partition coefficient (Wildman–Crippen LogP) is 5.02. The molecule has 0 aliphatic carbocycles. The van der Waals surface area contributed by atoms with Gasteiger partial charge in [0.15, 0.2) is 11.5 Å². The van der Waals surface area contributed by atoms with Crippen LogP contribution in [0.15, 0.2) is 59.7 Å². The van der Waals surface area contributed by atoms with Crippen molar-refractivity contribution < 1.29 is 28.5 Å². The van der Waals surface area contributed by atoms with Crippen LogP contribution >= 0.6 is 11.3 Å². The van der Waals surface area contributed by atoms with E-state index in [0.29, 0.717) is 28.1 Å². The second-order valence-electron chi connectivity index (χ2n) is 7.38. The molecule has 0 N–H and O–H groups in total. The number of fused-ring (bicyclic) bond motifs is 1. The van der Waals surface area contributed by atoms with Crippen molar-refractivity contribution >= 4 is 38.8 Å². The lowest BCUT2D eigenvalue weighted by Crippen LogP contribution is -2.25. The highest BCUT2D eigenvalue weighted by Gasteiger charge is 2.25. The van der Waals surface area contributed by atoms with Crippen LogP contribution in [0.2, 0.25) is 0 Å². The van der Waals surface area contributed by atoms with E-state index in [9.17, 15) is 4.79 Å². The first kappa shape index (κ1) is 24.8. The molecule has 4 aromatic rings. The summed E-state index contributed by atoms with van der Waals surface area (Å²) in [5.41, 5.74) is 1.78. The highest BCUT2D eigenvalue weighted by atomic mass is 32.1. The molecule has 0 fully saturated rings. The molecule has 0 spiro atoms. The minimum atomic E-state index is -0.426. The van der Waals surface area contributed by atoms with Crippen LogP contribution in [-0.4, -0.2) is 52.7 Å². The number of benzene rings is 3. The molecule has 9 nitrogen and oxygen atoms in total. The molecule has 0 atom stereocenters. The number of amides is 1. The quantitative estimate of drug-likeness (QED) is 0.232. The van der Waals surface area contributed by atoms with Crippen LogP contribution in [-0.2, 0) is 0 Å². The maximum absolute atomic E-state index is 13.8. The molecule has 1 heterocycles. The summed E-state index contributed by atoms with van der Waals surface area (Å²) < 4.78 is 27.6. The molecule has 0 bridgehead atoms. The summed E-state index contributed by atoms with van der Waals surface area (Å²) in [5, 5.41) is 6.15. The average molecular weight is 508 g/mol. The Kier molecular flexibility index (Phi) is 7.55. The Balaban J connectivity index is 1.80. The molecule has 1 amide bonds.